The minimum atomic E-state index is 0.267. The van der Waals surface area contributed by atoms with Crippen molar-refractivity contribution in [3.05, 3.63) is 35.7 Å². The number of nitrogens with zero attached hydrogens (tertiary/aromatic N) is 2. The molecule has 1 heterocycles. The van der Waals surface area contributed by atoms with Gasteiger partial charge >= 0.3 is 0 Å². The maximum Gasteiger partial charge on any atom is 0.139 e. The fraction of sp³-hybridized carbons (Fsp3) is 0.375. The molecule has 0 aliphatic heterocycles. The lowest BCUT2D eigenvalue weighted by molar-refractivity contribution is 0.415. The Morgan fingerprint density at radius 1 is 1.14 bits per heavy atom. The third kappa shape index (κ3) is 3.42. The van der Waals surface area contributed by atoms with Gasteiger partial charge in [0.05, 0.1) is 7.11 Å². The molecule has 0 spiro atoms. The Morgan fingerprint density at radius 2 is 1.86 bits per heavy atom. The molecule has 0 aliphatic carbocycles. The van der Waals surface area contributed by atoms with Gasteiger partial charge in [-0.05, 0) is 19.1 Å². The smallest absolute Gasteiger partial charge is 0.139 e. The largest absolute Gasteiger partial charge is 0.497 e. The van der Waals surface area contributed by atoms with Gasteiger partial charge in [-0.15, -0.1) is 0 Å². The molecule has 2 N–H and O–H groups in total. The molecule has 0 bridgehead atoms. The van der Waals surface area contributed by atoms with E-state index in [1.54, 1.807) is 7.11 Å². The SMILES string of the molecule is CNc1nc(C(C)C)nc(Nc2cccc(OC)c2)c1C. The Balaban J connectivity index is 2.40. The molecule has 0 fully saturated rings. The molecular formula is C16H22N4O. The average Bonchev–Trinajstić information content (AvgIpc) is 2.49. The Labute approximate surface area is 125 Å². The Hall–Kier alpha value is -2.30. The highest BCUT2D eigenvalue weighted by Crippen LogP contribution is 2.27. The molecule has 1 aromatic carbocycles. The summed E-state index contributed by atoms with van der Waals surface area (Å²) in [4.78, 5) is 9.17. The van der Waals surface area contributed by atoms with Crippen molar-refractivity contribution < 1.29 is 4.74 Å². The van der Waals surface area contributed by atoms with E-state index >= 15 is 0 Å². The molecular weight excluding hydrogens is 264 g/mol. The van der Waals surface area contributed by atoms with Crippen molar-refractivity contribution in [3.8, 4) is 5.75 Å². The topological polar surface area (TPSA) is 59.1 Å². The molecule has 0 saturated carbocycles. The lowest BCUT2D eigenvalue weighted by Crippen LogP contribution is -2.08. The second-order valence-electron chi connectivity index (χ2n) is 5.17. The van der Waals surface area contributed by atoms with Gasteiger partial charge in [-0.25, -0.2) is 9.97 Å². The number of nitrogens with one attached hydrogen (secondary N) is 2. The lowest BCUT2D eigenvalue weighted by atomic mass is 10.2. The third-order valence-electron chi connectivity index (χ3n) is 3.25. The Morgan fingerprint density at radius 3 is 2.48 bits per heavy atom. The van der Waals surface area contributed by atoms with Crippen molar-refractivity contribution in [2.45, 2.75) is 26.7 Å². The van der Waals surface area contributed by atoms with Gasteiger partial charge < -0.3 is 15.4 Å². The van der Waals surface area contributed by atoms with Crippen molar-refractivity contribution >= 4 is 17.3 Å². The predicted octanol–water partition coefficient (Wildman–Crippen LogP) is 3.70. The van der Waals surface area contributed by atoms with Crippen LogP contribution in [-0.4, -0.2) is 24.1 Å². The summed E-state index contributed by atoms with van der Waals surface area (Å²) in [7, 11) is 3.53. The molecule has 0 aliphatic rings. The van der Waals surface area contributed by atoms with Gasteiger partial charge in [-0.3, -0.25) is 0 Å². The minimum absolute atomic E-state index is 0.267. The molecule has 1 aromatic heterocycles. The van der Waals surface area contributed by atoms with Gasteiger partial charge in [0, 0.05) is 30.3 Å². The van der Waals surface area contributed by atoms with Crippen LogP contribution in [0.5, 0.6) is 5.75 Å². The van der Waals surface area contributed by atoms with Crippen LogP contribution in [0.4, 0.5) is 17.3 Å². The molecule has 0 saturated heterocycles. The molecule has 0 radical (unpaired) electrons. The minimum Gasteiger partial charge on any atom is -0.497 e. The summed E-state index contributed by atoms with van der Waals surface area (Å²) < 4.78 is 5.24. The van der Waals surface area contributed by atoms with Gasteiger partial charge in [0.1, 0.15) is 23.2 Å². The Bertz CT molecular complexity index is 626. The first kappa shape index (κ1) is 15.1. The summed E-state index contributed by atoms with van der Waals surface area (Å²) >= 11 is 0. The zero-order valence-corrected chi connectivity index (χ0v) is 13.2. The van der Waals surface area contributed by atoms with Crippen LogP contribution in [0.3, 0.4) is 0 Å². The Kier molecular flexibility index (Phi) is 4.62. The number of ether oxygens (including phenoxy) is 1. The summed E-state index contributed by atoms with van der Waals surface area (Å²) in [6.07, 6.45) is 0. The quantitative estimate of drug-likeness (QED) is 0.877. The molecule has 0 unspecified atom stereocenters. The van der Waals surface area contributed by atoms with Gasteiger partial charge in [-0.2, -0.15) is 0 Å². The van der Waals surface area contributed by atoms with Crippen molar-refractivity contribution in [2.24, 2.45) is 0 Å². The number of hydrogen-bond acceptors (Lipinski definition) is 5. The fourth-order valence-electron chi connectivity index (χ4n) is 1.99. The zero-order chi connectivity index (χ0) is 15.4. The van der Waals surface area contributed by atoms with Gasteiger partial charge in [0.25, 0.3) is 0 Å². The highest BCUT2D eigenvalue weighted by molar-refractivity contribution is 5.65. The summed E-state index contributed by atoms with van der Waals surface area (Å²) in [5.41, 5.74) is 1.93. The second-order valence-corrected chi connectivity index (χ2v) is 5.17. The first-order chi connectivity index (χ1) is 10.0. The van der Waals surface area contributed by atoms with Crippen molar-refractivity contribution in [1.29, 1.82) is 0 Å². The standard InChI is InChI=1S/C16H22N4O/c1-10(2)14-19-15(17-4)11(3)16(20-14)18-12-7-6-8-13(9-12)21-5/h6-10H,1-5H3,(H2,17,18,19,20). The van der Waals surface area contributed by atoms with Crippen LogP contribution in [0.2, 0.25) is 0 Å². The second kappa shape index (κ2) is 6.43. The summed E-state index contributed by atoms with van der Waals surface area (Å²) in [5.74, 6) is 3.55. The van der Waals surface area contributed by atoms with E-state index < -0.39 is 0 Å². The van der Waals surface area contributed by atoms with E-state index in [9.17, 15) is 0 Å². The number of methoxy groups -OCH3 is 1. The predicted molar refractivity (Wildman–Crippen MR) is 86.7 cm³/mol. The first-order valence-electron chi connectivity index (χ1n) is 7.02. The highest BCUT2D eigenvalue weighted by Gasteiger charge is 2.12. The molecule has 5 nitrogen and oxygen atoms in total. The molecule has 2 rings (SSSR count). The number of hydrogen-bond donors (Lipinski definition) is 2. The number of benzene rings is 1. The van der Waals surface area contributed by atoms with E-state index in [1.165, 1.54) is 0 Å². The van der Waals surface area contributed by atoms with E-state index in [2.05, 4.69) is 34.4 Å². The third-order valence-corrected chi connectivity index (χ3v) is 3.25. The van der Waals surface area contributed by atoms with E-state index in [4.69, 9.17) is 4.74 Å². The van der Waals surface area contributed by atoms with Gasteiger partial charge in [-0.1, -0.05) is 19.9 Å². The van der Waals surface area contributed by atoms with Crippen molar-refractivity contribution in [3.63, 3.8) is 0 Å². The lowest BCUT2D eigenvalue weighted by Gasteiger charge is -2.15. The fourth-order valence-corrected chi connectivity index (χ4v) is 1.99. The van der Waals surface area contributed by atoms with Crippen LogP contribution < -0.4 is 15.4 Å². The van der Waals surface area contributed by atoms with Crippen molar-refractivity contribution in [1.82, 2.24) is 9.97 Å². The maximum absolute atomic E-state index is 5.24. The van der Waals surface area contributed by atoms with E-state index in [1.807, 2.05) is 38.2 Å². The van der Waals surface area contributed by atoms with Crippen molar-refractivity contribution in [2.75, 3.05) is 24.8 Å². The number of aromatic nitrogens is 2. The molecule has 2 aromatic rings. The van der Waals surface area contributed by atoms with Crippen LogP contribution in [0.1, 0.15) is 31.2 Å². The monoisotopic (exact) mass is 286 g/mol. The number of rotatable bonds is 5. The van der Waals surface area contributed by atoms with Crippen LogP contribution in [0, 0.1) is 6.92 Å². The van der Waals surface area contributed by atoms with Crippen LogP contribution in [0.25, 0.3) is 0 Å². The van der Waals surface area contributed by atoms with Crippen LogP contribution in [0.15, 0.2) is 24.3 Å². The molecule has 112 valence electrons. The zero-order valence-electron chi connectivity index (χ0n) is 13.2. The van der Waals surface area contributed by atoms with Crippen LogP contribution >= 0.6 is 0 Å². The van der Waals surface area contributed by atoms with E-state index in [0.29, 0.717) is 0 Å². The van der Waals surface area contributed by atoms with E-state index in [-0.39, 0.29) is 5.92 Å². The summed E-state index contributed by atoms with van der Waals surface area (Å²) in [6.45, 7) is 6.16. The van der Waals surface area contributed by atoms with Gasteiger partial charge in [0.2, 0.25) is 0 Å². The molecule has 0 amide bonds. The normalized spacial score (nSPS) is 10.6. The van der Waals surface area contributed by atoms with E-state index in [0.717, 1.165) is 34.5 Å². The van der Waals surface area contributed by atoms with Gasteiger partial charge in [0.15, 0.2) is 0 Å². The molecule has 0 atom stereocenters. The molecule has 5 heteroatoms. The number of anilines is 3. The first-order valence-corrected chi connectivity index (χ1v) is 7.02. The maximum atomic E-state index is 5.24. The average molecular weight is 286 g/mol. The highest BCUT2D eigenvalue weighted by atomic mass is 16.5. The van der Waals surface area contributed by atoms with Crippen LogP contribution in [-0.2, 0) is 0 Å². The summed E-state index contributed by atoms with van der Waals surface area (Å²) in [5, 5.41) is 6.47. The molecule has 21 heavy (non-hydrogen) atoms. The summed E-state index contributed by atoms with van der Waals surface area (Å²) in [6, 6.07) is 7.78.